The first-order chi connectivity index (χ1) is 8.86. The van der Waals surface area contributed by atoms with Crippen molar-refractivity contribution in [3.8, 4) is 0 Å². The van der Waals surface area contributed by atoms with E-state index < -0.39 is 10.0 Å². The van der Waals surface area contributed by atoms with Crippen LogP contribution >= 0.6 is 15.9 Å². The third kappa shape index (κ3) is 3.90. The van der Waals surface area contributed by atoms with Gasteiger partial charge in [0.25, 0.3) is 0 Å². The molecule has 0 bridgehead atoms. The molecule has 1 aromatic heterocycles. The monoisotopic (exact) mass is 347 g/mol. The first-order valence-corrected chi connectivity index (χ1v) is 8.84. The van der Waals surface area contributed by atoms with E-state index in [1.54, 1.807) is 6.20 Å². The molecule has 1 aliphatic rings. The highest BCUT2D eigenvalue weighted by Crippen LogP contribution is 2.21. The maximum atomic E-state index is 11.4. The van der Waals surface area contributed by atoms with Crippen LogP contribution in [0.2, 0.25) is 0 Å². The zero-order valence-corrected chi connectivity index (χ0v) is 13.5. The zero-order chi connectivity index (χ0) is 14.0. The van der Waals surface area contributed by atoms with Crippen molar-refractivity contribution >= 4 is 31.8 Å². The number of hydrogen-bond acceptors (Lipinski definition) is 4. The van der Waals surface area contributed by atoms with Crippen LogP contribution in [0, 0.1) is 6.92 Å². The van der Waals surface area contributed by atoms with Crippen molar-refractivity contribution in [2.45, 2.75) is 25.8 Å². The molecule has 1 N–H and O–H groups in total. The molecule has 1 aliphatic heterocycles. The van der Waals surface area contributed by atoms with Gasteiger partial charge in [-0.1, -0.05) is 0 Å². The first-order valence-electron chi connectivity index (χ1n) is 6.20. The van der Waals surface area contributed by atoms with E-state index in [2.05, 4.69) is 26.2 Å². The van der Waals surface area contributed by atoms with Gasteiger partial charge in [0.2, 0.25) is 10.0 Å². The van der Waals surface area contributed by atoms with Gasteiger partial charge in [0.15, 0.2) is 0 Å². The number of aryl methyl sites for hydroxylation is 1. The lowest BCUT2D eigenvalue weighted by Crippen LogP contribution is -2.42. The van der Waals surface area contributed by atoms with Crippen LogP contribution in [0.5, 0.6) is 0 Å². The molecular formula is C12H18BrN3O2S. The smallest absolute Gasteiger partial charge is 0.211 e. The van der Waals surface area contributed by atoms with Gasteiger partial charge in [-0.3, -0.25) is 0 Å². The molecule has 2 heterocycles. The molecule has 1 fully saturated rings. The first kappa shape index (κ1) is 14.7. The summed E-state index contributed by atoms with van der Waals surface area (Å²) >= 11 is 3.39. The van der Waals surface area contributed by atoms with Crippen molar-refractivity contribution in [3.63, 3.8) is 0 Å². The normalized spacial score (nSPS) is 18.5. The van der Waals surface area contributed by atoms with Crippen molar-refractivity contribution in [1.82, 2.24) is 9.29 Å². The number of aromatic nitrogens is 1. The summed E-state index contributed by atoms with van der Waals surface area (Å²) in [4.78, 5) is 4.35. The van der Waals surface area contributed by atoms with Crippen LogP contribution < -0.4 is 5.32 Å². The summed E-state index contributed by atoms with van der Waals surface area (Å²) in [5.41, 5.74) is 1.08. The number of anilines is 1. The third-order valence-electron chi connectivity index (χ3n) is 3.31. The average Bonchev–Trinajstić information content (AvgIpc) is 2.32. The SMILES string of the molecule is Cc1cc(Br)cnc1NC1CCN(S(C)(=O)=O)CC1. The lowest BCUT2D eigenvalue weighted by Gasteiger charge is -2.31. The number of rotatable bonds is 3. The van der Waals surface area contributed by atoms with Gasteiger partial charge in [-0.15, -0.1) is 0 Å². The van der Waals surface area contributed by atoms with Gasteiger partial charge in [0.1, 0.15) is 5.82 Å². The molecule has 0 spiro atoms. The van der Waals surface area contributed by atoms with E-state index in [9.17, 15) is 8.42 Å². The van der Waals surface area contributed by atoms with Gasteiger partial charge >= 0.3 is 0 Å². The molecule has 0 aliphatic carbocycles. The number of pyridine rings is 1. The summed E-state index contributed by atoms with van der Waals surface area (Å²) in [6, 6.07) is 2.30. The van der Waals surface area contributed by atoms with E-state index in [1.807, 2.05) is 13.0 Å². The van der Waals surface area contributed by atoms with Gasteiger partial charge in [-0.2, -0.15) is 0 Å². The Labute approximate surface area is 122 Å². The summed E-state index contributed by atoms with van der Waals surface area (Å²) in [5.74, 6) is 0.876. The molecule has 7 heteroatoms. The third-order valence-corrected chi connectivity index (χ3v) is 5.05. The molecule has 0 unspecified atom stereocenters. The molecule has 0 aromatic carbocycles. The molecule has 19 heavy (non-hydrogen) atoms. The van der Waals surface area contributed by atoms with Crippen LogP contribution in [0.25, 0.3) is 0 Å². The minimum absolute atomic E-state index is 0.283. The molecule has 5 nitrogen and oxygen atoms in total. The minimum atomic E-state index is -3.05. The van der Waals surface area contributed by atoms with Crippen molar-refractivity contribution in [1.29, 1.82) is 0 Å². The lowest BCUT2D eigenvalue weighted by molar-refractivity contribution is 0.331. The Morgan fingerprint density at radius 2 is 2.05 bits per heavy atom. The topological polar surface area (TPSA) is 62.3 Å². The van der Waals surface area contributed by atoms with Gasteiger partial charge < -0.3 is 5.32 Å². The van der Waals surface area contributed by atoms with Crippen molar-refractivity contribution in [3.05, 3.63) is 22.3 Å². The quantitative estimate of drug-likeness (QED) is 0.908. The van der Waals surface area contributed by atoms with Crippen molar-refractivity contribution in [2.75, 3.05) is 24.7 Å². The summed E-state index contributed by atoms with van der Waals surface area (Å²) < 4.78 is 25.4. The summed E-state index contributed by atoms with van der Waals surface area (Å²) in [5, 5.41) is 3.39. The van der Waals surface area contributed by atoms with E-state index in [-0.39, 0.29) is 6.04 Å². The number of nitrogens with zero attached hydrogens (tertiary/aromatic N) is 2. The fourth-order valence-corrected chi connectivity index (χ4v) is 3.54. The lowest BCUT2D eigenvalue weighted by atomic mass is 10.1. The van der Waals surface area contributed by atoms with Crippen LogP contribution in [0.15, 0.2) is 16.7 Å². The van der Waals surface area contributed by atoms with Gasteiger partial charge in [-0.25, -0.2) is 17.7 Å². The summed E-state index contributed by atoms with van der Waals surface area (Å²) in [7, 11) is -3.05. The van der Waals surface area contributed by atoms with Crippen molar-refractivity contribution < 1.29 is 8.42 Å². The maximum absolute atomic E-state index is 11.4. The molecule has 0 radical (unpaired) electrons. The van der Waals surface area contributed by atoms with Crippen LogP contribution in [-0.2, 0) is 10.0 Å². The Morgan fingerprint density at radius 1 is 1.42 bits per heavy atom. The highest BCUT2D eigenvalue weighted by molar-refractivity contribution is 9.10. The number of nitrogens with one attached hydrogen (secondary N) is 1. The van der Waals surface area contributed by atoms with Crippen molar-refractivity contribution in [2.24, 2.45) is 0 Å². The fourth-order valence-electron chi connectivity index (χ4n) is 2.22. The Bertz CT molecular complexity index is 554. The molecule has 0 atom stereocenters. The highest BCUT2D eigenvalue weighted by Gasteiger charge is 2.25. The minimum Gasteiger partial charge on any atom is -0.367 e. The molecule has 0 saturated carbocycles. The van der Waals surface area contributed by atoms with Crippen LogP contribution in [-0.4, -0.2) is 43.1 Å². The Hall–Kier alpha value is -0.660. The summed E-state index contributed by atoms with van der Waals surface area (Å²) in [6.45, 7) is 3.16. The Balaban J connectivity index is 1.96. The average molecular weight is 348 g/mol. The van der Waals surface area contributed by atoms with Crippen LogP contribution in [0.3, 0.4) is 0 Å². The standard InChI is InChI=1S/C12H18BrN3O2S/c1-9-7-10(13)8-14-12(9)15-11-3-5-16(6-4-11)19(2,17)18/h7-8,11H,3-6H2,1-2H3,(H,14,15). The largest absolute Gasteiger partial charge is 0.367 e. The maximum Gasteiger partial charge on any atom is 0.211 e. The second-order valence-electron chi connectivity index (χ2n) is 4.90. The fraction of sp³-hybridized carbons (Fsp3) is 0.583. The highest BCUT2D eigenvalue weighted by atomic mass is 79.9. The predicted molar refractivity (Wildman–Crippen MR) is 79.7 cm³/mol. The van der Waals surface area contributed by atoms with E-state index in [0.29, 0.717) is 13.1 Å². The van der Waals surface area contributed by atoms with Gasteiger partial charge in [0.05, 0.1) is 6.26 Å². The molecule has 1 saturated heterocycles. The van der Waals surface area contributed by atoms with Crippen LogP contribution in [0.4, 0.5) is 5.82 Å². The van der Waals surface area contributed by atoms with Crippen LogP contribution in [0.1, 0.15) is 18.4 Å². The zero-order valence-electron chi connectivity index (χ0n) is 11.1. The second-order valence-corrected chi connectivity index (χ2v) is 7.80. The number of sulfonamides is 1. The summed E-state index contributed by atoms with van der Waals surface area (Å²) in [6.07, 6.45) is 4.65. The van der Waals surface area contributed by atoms with E-state index in [4.69, 9.17) is 0 Å². The number of piperidine rings is 1. The van der Waals surface area contributed by atoms with E-state index in [0.717, 1.165) is 28.7 Å². The predicted octanol–water partition coefficient (Wildman–Crippen LogP) is 1.99. The second kappa shape index (κ2) is 5.76. The number of hydrogen-bond donors (Lipinski definition) is 1. The van der Waals surface area contributed by atoms with E-state index >= 15 is 0 Å². The molecule has 1 aromatic rings. The molecular weight excluding hydrogens is 330 g/mol. The van der Waals surface area contributed by atoms with E-state index in [1.165, 1.54) is 10.6 Å². The van der Waals surface area contributed by atoms with Gasteiger partial charge in [0, 0.05) is 29.8 Å². The molecule has 2 rings (SSSR count). The molecule has 0 amide bonds. The Morgan fingerprint density at radius 3 is 2.58 bits per heavy atom. The number of halogens is 1. The molecule has 106 valence electrons. The van der Waals surface area contributed by atoms with Gasteiger partial charge in [-0.05, 0) is 47.3 Å². The Kier molecular flexibility index (Phi) is 4.47.